The Hall–Kier alpha value is -3.54. The summed E-state index contributed by atoms with van der Waals surface area (Å²) in [5.74, 6) is 0.380. The molecule has 1 fully saturated rings. The Morgan fingerprint density at radius 3 is 2.65 bits per heavy atom. The van der Waals surface area contributed by atoms with Gasteiger partial charge in [0.1, 0.15) is 17.4 Å². The maximum atomic E-state index is 13.4. The number of morpholine rings is 1. The lowest BCUT2D eigenvalue weighted by Crippen LogP contribution is -2.37. The Kier molecular flexibility index (Phi) is 6.36. The quantitative estimate of drug-likeness (QED) is 0.479. The van der Waals surface area contributed by atoms with E-state index in [2.05, 4.69) is 26.6 Å². The summed E-state index contributed by atoms with van der Waals surface area (Å²) in [4.78, 5) is 11.0. The van der Waals surface area contributed by atoms with E-state index >= 15 is 0 Å². The van der Waals surface area contributed by atoms with Crippen LogP contribution in [0.4, 0.5) is 16.2 Å². The summed E-state index contributed by atoms with van der Waals surface area (Å²) in [5, 5.41) is 14.6. The zero-order valence-electron chi connectivity index (χ0n) is 16.4. The summed E-state index contributed by atoms with van der Waals surface area (Å²) in [6, 6.07) is 15.4. The minimum absolute atomic E-state index is 0.220. The van der Waals surface area contributed by atoms with Crippen LogP contribution in [0.3, 0.4) is 0 Å². The maximum absolute atomic E-state index is 13.4. The molecule has 3 aromatic rings. The first-order chi connectivity index (χ1) is 15.1. The Morgan fingerprint density at radius 2 is 1.94 bits per heavy atom. The van der Waals surface area contributed by atoms with Crippen molar-refractivity contribution in [2.75, 3.05) is 36.6 Å². The Bertz CT molecular complexity index is 1140. The highest BCUT2D eigenvalue weighted by Crippen LogP contribution is 2.30. The molecule has 0 unspecified atom stereocenters. The zero-order chi connectivity index (χ0) is 21.6. The van der Waals surface area contributed by atoms with E-state index in [0.29, 0.717) is 54.0 Å². The van der Waals surface area contributed by atoms with Crippen LogP contribution in [-0.4, -0.2) is 42.5 Å². The Balaban J connectivity index is 1.72. The lowest BCUT2D eigenvalue weighted by molar-refractivity contribution is 0.122. The van der Waals surface area contributed by atoms with Gasteiger partial charge in [0.2, 0.25) is 5.95 Å². The number of hydrogen-bond acceptors (Lipinski definition) is 7. The van der Waals surface area contributed by atoms with Crippen LogP contribution in [0.15, 0.2) is 53.6 Å². The van der Waals surface area contributed by atoms with Crippen molar-refractivity contribution in [1.82, 2.24) is 9.97 Å². The minimum atomic E-state index is -0.349. The predicted molar refractivity (Wildman–Crippen MR) is 118 cm³/mol. The van der Waals surface area contributed by atoms with Crippen molar-refractivity contribution < 1.29 is 9.13 Å². The molecule has 1 saturated heterocycles. The van der Waals surface area contributed by atoms with Crippen LogP contribution in [0, 0.1) is 17.1 Å². The second kappa shape index (κ2) is 9.51. The second-order valence-corrected chi connectivity index (χ2v) is 7.17. The predicted octanol–water partition coefficient (Wildman–Crippen LogP) is 4.09. The molecule has 1 aliphatic rings. The van der Waals surface area contributed by atoms with Crippen LogP contribution >= 0.6 is 11.6 Å². The maximum Gasteiger partial charge on any atom is 0.246 e. The number of rotatable bonds is 5. The van der Waals surface area contributed by atoms with E-state index in [9.17, 15) is 9.65 Å². The lowest BCUT2D eigenvalue weighted by atomic mass is 10.1. The number of nitrogens with zero attached hydrogens (tertiary/aromatic N) is 5. The van der Waals surface area contributed by atoms with Crippen molar-refractivity contribution in [1.29, 1.82) is 5.26 Å². The van der Waals surface area contributed by atoms with Crippen LogP contribution < -0.4 is 10.3 Å². The van der Waals surface area contributed by atoms with Gasteiger partial charge in [0, 0.05) is 23.7 Å². The van der Waals surface area contributed by atoms with Crippen LogP contribution in [-0.2, 0) is 4.74 Å². The first-order valence-electron chi connectivity index (χ1n) is 9.59. The van der Waals surface area contributed by atoms with Crippen LogP contribution in [0.1, 0.15) is 11.1 Å². The van der Waals surface area contributed by atoms with Gasteiger partial charge in [-0.15, -0.1) is 0 Å². The molecule has 31 heavy (non-hydrogen) atoms. The number of halogens is 2. The van der Waals surface area contributed by atoms with Crippen LogP contribution in [0.5, 0.6) is 0 Å². The van der Waals surface area contributed by atoms with E-state index in [1.807, 2.05) is 4.90 Å². The van der Waals surface area contributed by atoms with Crippen LogP contribution in [0.25, 0.3) is 11.3 Å². The fourth-order valence-electron chi connectivity index (χ4n) is 3.17. The molecule has 2 aromatic carbocycles. The molecule has 1 aliphatic heterocycles. The van der Waals surface area contributed by atoms with E-state index in [-0.39, 0.29) is 11.8 Å². The molecule has 1 N–H and O–H groups in total. The van der Waals surface area contributed by atoms with Crippen LogP contribution in [0.2, 0.25) is 5.02 Å². The smallest absolute Gasteiger partial charge is 0.246 e. The van der Waals surface area contributed by atoms with E-state index in [1.165, 1.54) is 18.3 Å². The fraction of sp³-hybridized carbons (Fsp3) is 0.182. The highest BCUT2D eigenvalue weighted by molar-refractivity contribution is 6.30. The standard InChI is InChI=1S/C22H18ClFN6O/c23-17-6-4-16(5-7-17)20-19(13-25)21(30-8-10-31-11-9-30)28-22(27-20)29-26-14-15-2-1-3-18(24)12-15/h1-7,12,14H,8-11H2,(H,27,28,29)/b26-14+. The zero-order valence-corrected chi connectivity index (χ0v) is 17.2. The molecule has 4 rings (SSSR count). The average Bonchev–Trinajstić information content (AvgIpc) is 2.80. The Labute approximate surface area is 183 Å². The largest absolute Gasteiger partial charge is 0.378 e. The number of ether oxygens (including phenoxy) is 1. The number of hydrogen-bond donors (Lipinski definition) is 1. The van der Waals surface area contributed by atoms with Crippen molar-refractivity contribution in [3.8, 4) is 17.3 Å². The number of nitriles is 1. The van der Waals surface area contributed by atoms with Gasteiger partial charge < -0.3 is 9.64 Å². The van der Waals surface area contributed by atoms with Crippen molar-refractivity contribution in [2.24, 2.45) is 5.10 Å². The first-order valence-corrected chi connectivity index (χ1v) is 9.97. The van der Waals surface area contributed by atoms with E-state index in [4.69, 9.17) is 16.3 Å². The molecule has 0 bridgehead atoms. The van der Waals surface area contributed by atoms with Gasteiger partial charge in [-0.1, -0.05) is 35.9 Å². The molecule has 0 amide bonds. The summed E-state index contributed by atoms with van der Waals surface area (Å²) in [7, 11) is 0. The molecule has 156 valence electrons. The van der Waals surface area contributed by atoms with Gasteiger partial charge in [-0.05, 0) is 29.8 Å². The molecule has 0 saturated carbocycles. The molecular weight excluding hydrogens is 419 g/mol. The third kappa shape index (κ3) is 4.97. The number of benzene rings is 2. The van der Waals surface area contributed by atoms with Gasteiger partial charge >= 0.3 is 0 Å². The fourth-order valence-corrected chi connectivity index (χ4v) is 3.30. The number of aromatic nitrogens is 2. The van der Waals surface area contributed by atoms with Crippen molar-refractivity contribution in [3.05, 3.63) is 70.5 Å². The van der Waals surface area contributed by atoms with Crippen molar-refractivity contribution in [2.45, 2.75) is 0 Å². The normalized spacial score (nSPS) is 13.9. The highest BCUT2D eigenvalue weighted by atomic mass is 35.5. The summed E-state index contributed by atoms with van der Waals surface area (Å²) in [5.41, 5.74) is 4.95. The summed E-state index contributed by atoms with van der Waals surface area (Å²) >= 11 is 6.02. The number of nitrogens with one attached hydrogen (secondary N) is 1. The van der Waals surface area contributed by atoms with E-state index < -0.39 is 0 Å². The van der Waals surface area contributed by atoms with E-state index in [0.717, 1.165) is 5.56 Å². The average molecular weight is 437 g/mol. The third-order valence-corrected chi connectivity index (χ3v) is 4.91. The first kappa shape index (κ1) is 20.7. The van der Waals surface area contributed by atoms with Gasteiger partial charge in [-0.3, -0.25) is 0 Å². The minimum Gasteiger partial charge on any atom is -0.378 e. The van der Waals surface area contributed by atoms with Gasteiger partial charge in [-0.25, -0.2) is 14.8 Å². The molecule has 0 spiro atoms. The summed E-state index contributed by atoms with van der Waals surface area (Å²) in [6.45, 7) is 2.31. The molecule has 0 aliphatic carbocycles. The number of anilines is 2. The molecule has 9 heteroatoms. The van der Waals surface area contributed by atoms with Gasteiger partial charge in [0.15, 0.2) is 5.82 Å². The number of hydrazone groups is 1. The SMILES string of the molecule is N#Cc1c(-c2ccc(Cl)cc2)nc(N/N=C/c2cccc(F)c2)nc1N1CCOCC1. The van der Waals surface area contributed by atoms with Crippen molar-refractivity contribution >= 4 is 29.6 Å². The molecular formula is C22H18ClFN6O. The second-order valence-electron chi connectivity index (χ2n) is 6.74. The summed E-state index contributed by atoms with van der Waals surface area (Å²) in [6.07, 6.45) is 1.47. The van der Waals surface area contributed by atoms with E-state index in [1.54, 1.807) is 36.4 Å². The monoisotopic (exact) mass is 436 g/mol. The van der Waals surface area contributed by atoms with Gasteiger partial charge in [-0.2, -0.15) is 15.3 Å². The topological polar surface area (TPSA) is 86.4 Å². The Morgan fingerprint density at radius 1 is 1.16 bits per heavy atom. The molecule has 1 aromatic heterocycles. The molecule has 2 heterocycles. The van der Waals surface area contributed by atoms with Gasteiger partial charge in [0.25, 0.3) is 0 Å². The molecule has 7 nitrogen and oxygen atoms in total. The summed E-state index contributed by atoms with van der Waals surface area (Å²) < 4.78 is 18.8. The van der Waals surface area contributed by atoms with Gasteiger partial charge in [0.05, 0.1) is 25.1 Å². The molecule has 0 atom stereocenters. The third-order valence-electron chi connectivity index (χ3n) is 4.66. The van der Waals surface area contributed by atoms with Crippen molar-refractivity contribution in [3.63, 3.8) is 0 Å². The molecule has 0 radical (unpaired) electrons. The lowest BCUT2D eigenvalue weighted by Gasteiger charge is -2.29. The highest BCUT2D eigenvalue weighted by Gasteiger charge is 2.22.